The maximum absolute atomic E-state index is 12.0. The van der Waals surface area contributed by atoms with Crippen molar-refractivity contribution in [2.75, 3.05) is 0 Å². The van der Waals surface area contributed by atoms with E-state index in [1.807, 2.05) is 24.4 Å². The smallest absolute Gasteiger partial charge is 0.181 e. The van der Waals surface area contributed by atoms with Crippen LogP contribution >= 0.6 is 15.9 Å². The van der Waals surface area contributed by atoms with Crippen LogP contribution in [0.25, 0.3) is 10.9 Å². The summed E-state index contributed by atoms with van der Waals surface area (Å²) < 4.78 is 3.04. The van der Waals surface area contributed by atoms with Gasteiger partial charge in [-0.05, 0) is 32.0 Å². The molecule has 1 aromatic carbocycles. The van der Waals surface area contributed by atoms with Gasteiger partial charge < -0.3 is 10.3 Å². The highest BCUT2D eigenvalue weighted by Gasteiger charge is 2.17. The summed E-state index contributed by atoms with van der Waals surface area (Å²) in [4.78, 5) is 12.0. The second-order valence-corrected chi connectivity index (χ2v) is 5.06. The Hall–Kier alpha value is -1.13. The SMILES string of the molecule is CCn1cc(C(=O)C(C)N)c2cc(Br)ccc21. The van der Waals surface area contributed by atoms with Gasteiger partial charge in [-0.25, -0.2) is 0 Å². The molecule has 0 aliphatic heterocycles. The van der Waals surface area contributed by atoms with E-state index < -0.39 is 6.04 Å². The minimum atomic E-state index is -0.468. The van der Waals surface area contributed by atoms with Crippen molar-refractivity contribution in [3.05, 3.63) is 34.4 Å². The molecule has 1 heterocycles. The largest absolute Gasteiger partial charge is 0.347 e. The number of benzene rings is 1. The van der Waals surface area contributed by atoms with Gasteiger partial charge in [0.1, 0.15) is 0 Å². The van der Waals surface area contributed by atoms with E-state index in [1.165, 1.54) is 0 Å². The number of carbonyl (C=O) groups excluding carboxylic acids is 1. The second-order valence-electron chi connectivity index (χ2n) is 4.14. The first-order valence-corrected chi connectivity index (χ1v) is 6.42. The van der Waals surface area contributed by atoms with Crippen LogP contribution in [0.4, 0.5) is 0 Å². The normalized spacial score (nSPS) is 12.9. The average molecular weight is 295 g/mol. The van der Waals surface area contributed by atoms with Crippen molar-refractivity contribution in [1.29, 1.82) is 0 Å². The van der Waals surface area contributed by atoms with E-state index in [0.717, 1.165) is 21.9 Å². The number of carbonyl (C=O) groups is 1. The van der Waals surface area contributed by atoms with Crippen LogP contribution in [0.2, 0.25) is 0 Å². The Labute approximate surface area is 109 Å². The van der Waals surface area contributed by atoms with Crippen LogP contribution in [0.3, 0.4) is 0 Å². The van der Waals surface area contributed by atoms with Gasteiger partial charge in [-0.2, -0.15) is 0 Å². The monoisotopic (exact) mass is 294 g/mol. The topological polar surface area (TPSA) is 48.0 Å². The van der Waals surface area contributed by atoms with Crippen LogP contribution in [0, 0.1) is 0 Å². The van der Waals surface area contributed by atoms with Gasteiger partial charge in [-0.3, -0.25) is 4.79 Å². The highest BCUT2D eigenvalue weighted by atomic mass is 79.9. The molecule has 0 radical (unpaired) electrons. The summed E-state index contributed by atoms with van der Waals surface area (Å²) in [6, 6.07) is 5.50. The van der Waals surface area contributed by atoms with Crippen molar-refractivity contribution in [2.45, 2.75) is 26.4 Å². The van der Waals surface area contributed by atoms with E-state index in [1.54, 1.807) is 6.92 Å². The molecule has 1 unspecified atom stereocenters. The molecular weight excluding hydrogens is 280 g/mol. The predicted molar refractivity (Wildman–Crippen MR) is 73.3 cm³/mol. The fraction of sp³-hybridized carbons (Fsp3) is 0.308. The van der Waals surface area contributed by atoms with Crippen molar-refractivity contribution in [3.8, 4) is 0 Å². The van der Waals surface area contributed by atoms with Crippen molar-refractivity contribution in [2.24, 2.45) is 5.73 Å². The second kappa shape index (κ2) is 4.63. The zero-order chi connectivity index (χ0) is 12.6. The third-order valence-corrected chi connectivity index (χ3v) is 3.36. The Balaban J connectivity index is 2.71. The molecule has 1 atom stereocenters. The molecule has 3 nitrogen and oxygen atoms in total. The standard InChI is InChI=1S/C13H15BrN2O/c1-3-16-7-11(13(17)8(2)15)10-6-9(14)4-5-12(10)16/h4-8H,3,15H2,1-2H3. The first-order chi connectivity index (χ1) is 8.04. The summed E-state index contributed by atoms with van der Waals surface area (Å²) in [6.45, 7) is 4.61. The molecule has 0 saturated heterocycles. The number of halogens is 1. The van der Waals surface area contributed by atoms with Crippen LogP contribution in [0.1, 0.15) is 24.2 Å². The third kappa shape index (κ3) is 2.15. The highest BCUT2D eigenvalue weighted by molar-refractivity contribution is 9.10. The molecule has 2 aromatic rings. The molecule has 0 spiro atoms. The lowest BCUT2D eigenvalue weighted by Crippen LogP contribution is -2.26. The molecule has 0 saturated carbocycles. The van der Waals surface area contributed by atoms with Gasteiger partial charge in [0, 0.05) is 33.7 Å². The summed E-state index contributed by atoms with van der Waals surface area (Å²) in [7, 11) is 0. The van der Waals surface area contributed by atoms with E-state index in [-0.39, 0.29) is 5.78 Å². The molecule has 1 aromatic heterocycles. The van der Waals surface area contributed by atoms with Gasteiger partial charge in [0.2, 0.25) is 0 Å². The van der Waals surface area contributed by atoms with E-state index in [0.29, 0.717) is 5.56 Å². The van der Waals surface area contributed by atoms with E-state index >= 15 is 0 Å². The van der Waals surface area contributed by atoms with Gasteiger partial charge in [0.05, 0.1) is 6.04 Å². The van der Waals surface area contributed by atoms with E-state index in [4.69, 9.17) is 5.73 Å². The molecule has 0 aliphatic rings. The summed E-state index contributed by atoms with van der Waals surface area (Å²) in [6.07, 6.45) is 1.89. The van der Waals surface area contributed by atoms with Crippen molar-refractivity contribution >= 4 is 32.6 Å². The molecule has 2 rings (SSSR count). The van der Waals surface area contributed by atoms with Gasteiger partial charge in [-0.15, -0.1) is 0 Å². The van der Waals surface area contributed by atoms with Crippen LogP contribution in [-0.2, 0) is 6.54 Å². The molecule has 0 aliphatic carbocycles. The van der Waals surface area contributed by atoms with Crippen LogP contribution in [-0.4, -0.2) is 16.4 Å². The lowest BCUT2D eigenvalue weighted by atomic mass is 10.1. The number of fused-ring (bicyclic) bond motifs is 1. The van der Waals surface area contributed by atoms with Crippen LogP contribution in [0.15, 0.2) is 28.9 Å². The van der Waals surface area contributed by atoms with Crippen molar-refractivity contribution < 1.29 is 4.79 Å². The Bertz CT molecular complexity index is 572. The molecule has 0 amide bonds. The first kappa shape index (κ1) is 12.3. The zero-order valence-electron chi connectivity index (χ0n) is 9.90. The number of nitrogens with two attached hydrogens (primary N) is 1. The molecule has 90 valence electrons. The minimum absolute atomic E-state index is 0.0136. The third-order valence-electron chi connectivity index (χ3n) is 2.86. The summed E-state index contributed by atoms with van der Waals surface area (Å²) in [5.41, 5.74) is 7.45. The molecule has 0 fully saturated rings. The Morgan fingerprint density at radius 3 is 2.82 bits per heavy atom. The molecular formula is C13H15BrN2O. The number of aryl methyl sites for hydroxylation is 1. The van der Waals surface area contributed by atoms with Crippen LogP contribution in [0.5, 0.6) is 0 Å². The molecule has 4 heteroatoms. The summed E-state index contributed by atoms with van der Waals surface area (Å²) in [5, 5.41) is 0.962. The number of hydrogen-bond acceptors (Lipinski definition) is 2. The van der Waals surface area contributed by atoms with Gasteiger partial charge in [0.15, 0.2) is 5.78 Å². The number of rotatable bonds is 3. The Morgan fingerprint density at radius 1 is 1.53 bits per heavy atom. The Morgan fingerprint density at radius 2 is 2.24 bits per heavy atom. The lowest BCUT2D eigenvalue weighted by molar-refractivity contribution is 0.0969. The predicted octanol–water partition coefficient (Wildman–Crippen LogP) is 2.95. The van der Waals surface area contributed by atoms with E-state index in [2.05, 4.69) is 27.4 Å². The van der Waals surface area contributed by atoms with Crippen molar-refractivity contribution in [3.63, 3.8) is 0 Å². The van der Waals surface area contributed by atoms with Gasteiger partial charge >= 0.3 is 0 Å². The molecule has 17 heavy (non-hydrogen) atoms. The fourth-order valence-corrected chi connectivity index (χ4v) is 2.33. The number of hydrogen-bond donors (Lipinski definition) is 1. The quantitative estimate of drug-likeness (QED) is 0.885. The van der Waals surface area contributed by atoms with E-state index in [9.17, 15) is 4.79 Å². The Kier molecular flexibility index (Phi) is 3.35. The molecule has 2 N–H and O–H groups in total. The average Bonchev–Trinajstić information content (AvgIpc) is 2.65. The number of nitrogens with zero attached hydrogens (tertiary/aromatic N) is 1. The molecule has 0 bridgehead atoms. The zero-order valence-corrected chi connectivity index (χ0v) is 11.5. The van der Waals surface area contributed by atoms with Gasteiger partial charge in [-0.1, -0.05) is 15.9 Å². The lowest BCUT2D eigenvalue weighted by Gasteiger charge is -2.02. The maximum atomic E-state index is 12.0. The number of Topliss-reactive ketones (excluding diaryl/α,β-unsaturated/α-hetero) is 1. The number of ketones is 1. The summed E-state index contributed by atoms with van der Waals surface area (Å²) >= 11 is 3.43. The number of aromatic nitrogens is 1. The van der Waals surface area contributed by atoms with Crippen molar-refractivity contribution in [1.82, 2.24) is 4.57 Å². The first-order valence-electron chi connectivity index (χ1n) is 5.62. The van der Waals surface area contributed by atoms with Gasteiger partial charge in [0.25, 0.3) is 0 Å². The highest BCUT2D eigenvalue weighted by Crippen LogP contribution is 2.26. The minimum Gasteiger partial charge on any atom is -0.347 e. The fourth-order valence-electron chi connectivity index (χ4n) is 1.97. The summed E-state index contributed by atoms with van der Waals surface area (Å²) in [5.74, 6) is -0.0136. The van der Waals surface area contributed by atoms with Crippen LogP contribution < -0.4 is 5.73 Å². The maximum Gasteiger partial charge on any atom is 0.181 e.